The number of fused-ring (bicyclic) bond motifs is 2. The van der Waals surface area contributed by atoms with E-state index in [-0.39, 0.29) is 84.6 Å². The molecular weight excluding hydrogens is 799 g/mol. The van der Waals surface area contributed by atoms with E-state index in [1.165, 1.54) is 11.0 Å². The van der Waals surface area contributed by atoms with Gasteiger partial charge in [-0.1, -0.05) is 55.0 Å². The molecule has 16 nitrogen and oxygen atoms in total. The van der Waals surface area contributed by atoms with Crippen molar-refractivity contribution in [2.45, 2.75) is 38.7 Å². The number of benzene rings is 3. The molecule has 0 fully saturated rings. The monoisotopic (exact) mass is 847 g/mol. The number of rotatable bonds is 24. The number of nitrogens with zero attached hydrogens (tertiary/aromatic N) is 2. The summed E-state index contributed by atoms with van der Waals surface area (Å²) in [5.74, 6) is -5.24. The van der Waals surface area contributed by atoms with Crippen LogP contribution in [0.1, 0.15) is 47.1 Å². The third-order valence-electron chi connectivity index (χ3n) is 9.71. The Balaban J connectivity index is 0.00000819. The average Bonchev–Trinajstić information content (AvgIpc) is 3.18. The number of hydrogen-bond acceptors (Lipinski definition) is 11. The van der Waals surface area contributed by atoms with Gasteiger partial charge in [0, 0.05) is 17.8 Å². The van der Waals surface area contributed by atoms with Gasteiger partial charge in [-0.25, -0.2) is 0 Å². The molecule has 316 valence electrons. The fraction of sp³-hybridized carbons (Fsp3) is 0.318. The molecule has 61 heavy (non-hydrogen) atoms. The molecule has 5 rings (SSSR count). The number of carbonyl (C=O) groups excluding carboxylic acids is 2. The van der Waals surface area contributed by atoms with Crippen LogP contribution in [0.5, 0.6) is 5.75 Å². The number of carboxylic acids is 4. The van der Waals surface area contributed by atoms with Crippen molar-refractivity contribution in [3.63, 3.8) is 0 Å². The largest absolute Gasteiger partial charge is 1.00 e. The third-order valence-corrected chi connectivity index (χ3v) is 9.71. The van der Waals surface area contributed by atoms with Crippen LogP contribution in [0.3, 0.4) is 0 Å². The molecule has 0 heterocycles. The van der Waals surface area contributed by atoms with E-state index in [9.17, 15) is 49.2 Å². The van der Waals surface area contributed by atoms with Crippen molar-refractivity contribution in [1.82, 2.24) is 5.32 Å². The second-order valence-electron chi connectivity index (χ2n) is 14.2. The quantitative estimate of drug-likeness (QED) is 0.0530. The molecular formula is C44H48N4NaO12+. The van der Waals surface area contributed by atoms with Gasteiger partial charge in [0.15, 0.2) is 5.78 Å². The molecule has 0 aliphatic heterocycles. The zero-order valence-corrected chi connectivity index (χ0v) is 35.9. The summed E-state index contributed by atoms with van der Waals surface area (Å²) in [5, 5.41) is 41.4. The number of anilines is 2. The number of amides is 1. The number of unbranched alkanes of at least 4 members (excludes halogenated alkanes) is 2. The van der Waals surface area contributed by atoms with Gasteiger partial charge in [-0.15, -0.1) is 0 Å². The minimum Gasteiger partial charge on any atom is -0.489 e. The number of aliphatic carboxylic acids is 4. The van der Waals surface area contributed by atoms with Crippen molar-refractivity contribution in [3.8, 4) is 5.75 Å². The molecule has 0 aromatic heterocycles. The Morgan fingerprint density at radius 1 is 0.754 bits per heavy atom. The molecule has 0 radical (unpaired) electrons. The smallest absolute Gasteiger partial charge is 0.489 e. The minimum atomic E-state index is -1.26. The first kappa shape index (κ1) is 47.9. The minimum absolute atomic E-state index is 0. The average molecular weight is 848 g/mol. The van der Waals surface area contributed by atoms with Crippen molar-refractivity contribution in [2.75, 3.05) is 62.3 Å². The molecule has 0 spiro atoms. The van der Waals surface area contributed by atoms with Crippen LogP contribution < -0.4 is 55.1 Å². The molecule has 3 aromatic carbocycles. The Hall–Kier alpha value is -5.78. The zero-order chi connectivity index (χ0) is 43.2. The summed E-state index contributed by atoms with van der Waals surface area (Å²) in [6.45, 7) is -1.75. The van der Waals surface area contributed by atoms with Crippen molar-refractivity contribution < 1.29 is 88.2 Å². The molecule has 0 unspecified atom stereocenters. The summed E-state index contributed by atoms with van der Waals surface area (Å²) in [6.07, 6.45) is 7.87. The Morgan fingerprint density at radius 2 is 1.43 bits per heavy atom. The van der Waals surface area contributed by atoms with Crippen molar-refractivity contribution in [1.29, 1.82) is 0 Å². The van der Waals surface area contributed by atoms with Gasteiger partial charge in [0.2, 0.25) is 5.91 Å². The van der Waals surface area contributed by atoms with Gasteiger partial charge in [-0.05, 0) is 95.1 Å². The van der Waals surface area contributed by atoms with Gasteiger partial charge in [0.25, 0.3) is 0 Å². The number of nitrogens with two attached hydrogens (primary N) is 1. The molecule has 3 aromatic rings. The SMILES string of the molecule is NCCCCCNC(=O)Cc1ccc(COCCOc2cc(C3=C4C=CC(=O)C=C4Cc4ccccc43)ccc2N(CC(=O)O)CC(=O)O)c(N(CC(=O)O)CC(=O)O)c1.[Na+]. The summed E-state index contributed by atoms with van der Waals surface area (Å²) in [7, 11) is 0. The van der Waals surface area contributed by atoms with Gasteiger partial charge in [-0.3, -0.25) is 28.8 Å². The molecule has 17 heteroatoms. The predicted octanol–water partition coefficient (Wildman–Crippen LogP) is 0.448. The Bertz CT molecular complexity index is 2190. The normalized spacial score (nSPS) is 12.7. The van der Waals surface area contributed by atoms with E-state index in [0.717, 1.165) is 52.0 Å². The first-order chi connectivity index (χ1) is 28.8. The van der Waals surface area contributed by atoms with Crippen LogP contribution in [0.2, 0.25) is 0 Å². The summed E-state index contributed by atoms with van der Waals surface area (Å²) in [6, 6.07) is 17.7. The Labute approximate surface area is 374 Å². The van der Waals surface area contributed by atoms with E-state index in [1.54, 1.807) is 48.6 Å². The number of ether oxygens (including phenoxy) is 2. The molecule has 0 atom stereocenters. The van der Waals surface area contributed by atoms with E-state index in [1.807, 2.05) is 24.3 Å². The van der Waals surface area contributed by atoms with E-state index < -0.39 is 50.1 Å². The molecule has 2 aliphatic carbocycles. The van der Waals surface area contributed by atoms with Crippen LogP contribution in [0.25, 0.3) is 5.57 Å². The molecule has 7 N–H and O–H groups in total. The maximum atomic E-state index is 12.7. The van der Waals surface area contributed by atoms with Crippen LogP contribution in [0.4, 0.5) is 11.4 Å². The molecule has 1 amide bonds. The topological polar surface area (TPSA) is 246 Å². The molecule has 2 aliphatic rings. The van der Waals surface area contributed by atoms with E-state index >= 15 is 0 Å². The van der Waals surface area contributed by atoms with Crippen LogP contribution >= 0.6 is 0 Å². The summed E-state index contributed by atoms with van der Waals surface area (Å²) in [4.78, 5) is 74.6. The first-order valence-corrected chi connectivity index (χ1v) is 19.4. The van der Waals surface area contributed by atoms with Gasteiger partial charge >= 0.3 is 53.4 Å². The summed E-state index contributed by atoms with van der Waals surface area (Å²) < 4.78 is 12.2. The molecule has 0 saturated carbocycles. The van der Waals surface area contributed by atoms with Gasteiger partial charge in [-0.2, -0.15) is 0 Å². The van der Waals surface area contributed by atoms with Crippen LogP contribution in [-0.2, 0) is 53.0 Å². The van der Waals surface area contributed by atoms with Gasteiger partial charge in [0.1, 0.15) is 38.5 Å². The second-order valence-corrected chi connectivity index (χ2v) is 14.2. The van der Waals surface area contributed by atoms with Gasteiger partial charge in [0.05, 0.1) is 25.3 Å². The number of ketones is 1. The number of carboxylic acid groups (broad SMARTS) is 4. The summed E-state index contributed by atoms with van der Waals surface area (Å²) in [5.41, 5.74) is 12.1. The van der Waals surface area contributed by atoms with Crippen LogP contribution in [0.15, 0.2) is 90.0 Å². The Kier molecular flexibility index (Phi) is 18.3. The maximum Gasteiger partial charge on any atom is 1.00 e. The number of allylic oxidation sites excluding steroid dienone is 5. The van der Waals surface area contributed by atoms with Crippen molar-refractivity contribution >= 4 is 52.5 Å². The molecule has 0 bridgehead atoms. The van der Waals surface area contributed by atoms with Crippen molar-refractivity contribution in [2.24, 2.45) is 5.73 Å². The zero-order valence-electron chi connectivity index (χ0n) is 33.9. The first-order valence-electron chi connectivity index (χ1n) is 19.4. The van der Waals surface area contributed by atoms with E-state index in [0.29, 0.717) is 36.2 Å². The molecule has 0 saturated heterocycles. The fourth-order valence-corrected chi connectivity index (χ4v) is 7.14. The van der Waals surface area contributed by atoms with E-state index in [4.69, 9.17) is 15.2 Å². The summed E-state index contributed by atoms with van der Waals surface area (Å²) >= 11 is 0. The Morgan fingerprint density at radius 3 is 2.10 bits per heavy atom. The van der Waals surface area contributed by atoms with E-state index in [2.05, 4.69) is 5.32 Å². The fourth-order valence-electron chi connectivity index (χ4n) is 7.14. The van der Waals surface area contributed by atoms with Crippen LogP contribution in [-0.4, -0.2) is 108 Å². The third kappa shape index (κ3) is 13.9. The number of carbonyl (C=O) groups is 6. The number of hydrogen-bond donors (Lipinski definition) is 6. The standard InChI is InChI=1S/C44H48N4O12.Na/c45-14-4-1-5-15-46-39(50)19-28-8-9-31(37(18-28)48(25-42(55)56)26-43(57)58)27-59-16-17-60-38-22-30(10-13-36(38)47(23-40(51)52)24-41(53)54)44-34-7-3-2-6-29(34)20-32-21-33(49)11-12-35(32)44;/h2-3,6-13,18,21-22H,1,4-5,14-17,19-20,23-27,45H2,(H,46,50)(H,51,52)(H,53,54)(H,55,56)(H,57,58);/q;+1. The second kappa shape index (κ2) is 23.3. The van der Waals surface area contributed by atoms with Crippen LogP contribution in [0, 0.1) is 0 Å². The maximum absolute atomic E-state index is 12.7. The van der Waals surface area contributed by atoms with Crippen molar-refractivity contribution in [3.05, 3.63) is 118 Å². The number of nitrogens with one attached hydrogen (secondary N) is 1. The van der Waals surface area contributed by atoms with Gasteiger partial charge < -0.3 is 50.8 Å². The predicted molar refractivity (Wildman–Crippen MR) is 221 cm³/mol.